The van der Waals surface area contributed by atoms with E-state index in [1.165, 1.54) is 11.3 Å². The predicted molar refractivity (Wildman–Crippen MR) is 121 cm³/mol. The highest BCUT2D eigenvalue weighted by Gasteiger charge is 2.61. The number of fused-ring (bicyclic) bond motifs is 2. The molecule has 1 aromatic heterocycles. The third-order valence-electron chi connectivity index (χ3n) is 6.17. The molecule has 2 amide bonds. The van der Waals surface area contributed by atoms with Gasteiger partial charge < -0.3 is 4.42 Å². The van der Waals surface area contributed by atoms with E-state index in [4.69, 9.17) is 9.25 Å². The molecule has 0 bridgehead atoms. The Morgan fingerprint density at radius 3 is 2.06 bits per heavy atom. The Kier molecular flexibility index (Phi) is 4.38. The third-order valence-corrected chi connectivity index (χ3v) is 6.17. The number of rotatable bonds is 3. The fourth-order valence-corrected chi connectivity index (χ4v) is 4.66. The first kappa shape index (κ1) is 19.5. The van der Waals surface area contributed by atoms with Gasteiger partial charge in [-0.2, -0.15) is 0 Å². The van der Waals surface area contributed by atoms with Crippen LogP contribution in [0.15, 0.2) is 100 Å². The first-order chi connectivity index (χ1) is 16.1. The molecule has 3 aromatic carbocycles. The maximum atomic E-state index is 13.6. The summed E-state index contributed by atoms with van der Waals surface area (Å²) in [5.41, 5.74) is 1.57. The fourth-order valence-electron chi connectivity index (χ4n) is 4.66. The normalized spacial score (nSPS) is 22.2. The van der Waals surface area contributed by atoms with Crippen LogP contribution >= 0.6 is 0 Å². The van der Waals surface area contributed by atoms with E-state index in [-0.39, 0.29) is 11.0 Å². The summed E-state index contributed by atoms with van der Waals surface area (Å²) >= 11 is 0. The highest BCUT2D eigenvalue weighted by molar-refractivity contribution is 6.23. The quantitative estimate of drug-likeness (QED) is 0.452. The van der Waals surface area contributed by atoms with Crippen molar-refractivity contribution in [2.45, 2.75) is 12.1 Å². The molecular formula is C26H18N2O5. The molecule has 4 aromatic rings. The van der Waals surface area contributed by atoms with Crippen LogP contribution < -0.4 is 15.4 Å². The van der Waals surface area contributed by atoms with Gasteiger partial charge in [-0.25, -0.2) is 9.96 Å². The van der Waals surface area contributed by atoms with Crippen LogP contribution in [0.25, 0.3) is 11.0 Å². The molecule has 2 saturated heterocycles. The third kappa shape index (κ3) is 2.90. The summed E-state index contributed by atoms with van der Waals surface area (Å²) in [4.78, 5) is 47.6. The van der Waals surface area contributed by atoms with Crippen molar-refractivity contribution in [2.24, 2.45) is 5.92 Å². The van der Waals surface area contributed by atoms with E-state index < -0.39 is 29.9 Å². The molecule has 162 valence electrons. The van der Waals surface area contributed by atoms with Gasteiger partial charge >= 0.3 is 0 Å². The van der Waals surface area contributed by atoms with Crippen molar-refractivity contribution in [1.82, 2.24) is 0 Å². The van der Waals surface area contributed by atoms with Gasteiger partial charge in [0, 0.05) is 0 Å². The summed E-state index contributed by atoms with van der Waals surface area (Å²) in [7, 11) is 0. The number of nitrogens with zero attached hydrogens (tertiary/aromatic N) is 2. The van der Waals surface area contributed by atoms with Crippen LogP contribution in [0.5, 0.6) is 0 Å². The van der Waals surface area contributed by atoms with Crippen molar-refractivity contribution in [3.63, 3.8) is 0 Å². The maximum Gasteiger partial charge on any atom is 0.266 e. The lowest BCUT2D eigenvalue weighted by Crippen LogP contribution is -2.38. The van der Waals surface area contributed by atoms with Gasteiger partial charge in [0.25, 0.3) is 5.91 Å². The average molecular weight is 438 g/mol. The number of imide groups is 1. The molecule has 0 saturated carbocycles. The van der Waals surface area contributed by atoms with Crippen molar-refractivity contribution in [1.29, 1.82) is 0 Å². The fraction of sp³-hybridized carbons (Fsp3) is 0.115. The lowest BCUT2D eigenvalue weighted by molar-refractivity contribution is -0.126. The first-order valence-corrected chi connectivity index (χ1v) is 10.6. The topological polar surface area (TPSA) is 80.1 Å². The molecular weight excluding hydrogens is 420 g/mol. The summed E-state index contributed by atoms with van der Waals surface area (Å²) in [6.45, 7) is 0. The lowest BCUT2D eigenvalue weighted by atomic mass is 9.91. The molecule has 7 nitrogen and oxygen atoms in total. The molecule has 0 aliphatic carbocycles. The minimum atomic E-state index is -1.05. The van der Waals surface area contributed by atoms with Gasteiger partial charge in [-0.1, -0.05) is 48.5 Å². The van der Waals surface area contributed by atoms with Gasteiger partial charge in [-0.05, 0) is 36.4 Å². The van der Waals surface area contributed by atoms with E-state index in [0.717, 1.165) is 4.90 Å². The van der Waals surface area contributed by atoms with Crippen molar-refractivity contribution in [3.8, 4) is 0 Å². The standard InChI is InChI=1S/C26H18N2O5/c29-23-18-13-7-8-14-20(18)32-15-19(23)22-21-24(33-28(22)17-11-5-2-6-12-17)26(31)27(25(21)30)16-9-3-1-4-10-16/h1-15,21-22,24H/t21-,22+,24+/m0/s1. The van der Waals surface area contributed by atoms with Crippen LogP contribution in [0.3, 0.4) is 0 Å². The average Bonchev–Trinajstić information content (AvgIpc) is 3.36. The molecule has 2 aliphatic heterocycles. The predicted octanol–water partition coefficient (Wildman–Crippen LogP) is 3.84. The minimum Gasteiger partial charge on any atom is -0.464 e. The van der Waals surface area contributed by atoms with E-state index >= 15 is 0 Å². The van der Waals surface area contributed by atoms with Gasteiger partial charge in [-0.15, -0.1) is 0 Å². The molecule has 0 unspecified atom stereocenters. The van der Waals surface area contributed by atoms with E-state index in [1.807, 2.05) is 24.3 Å². The van der Waals surface area contributed by atoms with Gasteiger partial charge in [0.2, 0.25) is 5.91 Å². The number of anilines is 2. The summed E-state index contributed by atoms with van der Waals surface area (Å²) in [5.74, 6) is -1.76. The number of hydrogen-bond acceptors (Lipinski definition) is 6. The number of benzene rings is 3. The van der Waals surface area contributed by atoms with Crippen molar-refractivity contribution >= 4 is 34.2 Å². The summed E-state index contributed by atoms with van der Waals surface area (Å²) in [5, 5.41) is 1.90. The smallest absolute Gasteiger partial charge is 0.266 e. The molecule has 0 spiro atoms. The monoisotopic (exact) mass is 438 g/mol. The Balaban J connectivity index is 1.52. The molecule has 3 heterocycles. The Bertz CT molecular complexity index is 1430. The molecule has 6 rings (SSSR count). The summed E-state index contributed by atoms with van der Waals surface area (Å²) in [6, 6.07) is 24.0. The number of hydrogen-bond donors (Lipinski definition) is 0. The number of para-hydroxylation sites is 3. The number of carbonyl (C=O) groups excluding carboxylic acids is 2. The first-order valence-electron chi connectivity index (χ1n) is 10.6. The van der Waals surface area contributed by atoms with E-state index in [9.17, 15) is 14.4 Å². The zero-order valence-electron chi connectivity index (χ0n) is 17.3. The second kappa shape index (κ2) is 7.43. The number of hydroxylamine groups is 1. The van der Waals surface area contributed by atoms with Gasteiger partial charge in [-0.3, -0.25) is 19.2 Å². The summed E-state index contributed by atoms with van der Waals surface area (Å²) in [6.07, 6.45) is 0.328. The van der Waals surface area contributed by atoms with E-state index in [0.29, 0.717) is 22.3 Å². The number of amides is 2. The number of carbonyl (C=O) groups is 2. The minimum absolute atomic E-state index is 0.259. The molecule has 3 atom stereocenters. The summed E-state index contributed by atoms with van der Waals surface area (Å²) < 4.78 is 5.75. The molecule has 2 aliphatic rings. The largest absolute Gasteiger partial charge is 0.464 e. The Hall–Kier alpha value is -4.23. The van der Waals surface area contributed by atoms with Crippen LogP contribution in [-0.4, -0.2) is 17.9 Å². The highest BCUT2D eigenvalue weighted by atomic mass is 16.7. The molecule has 7 heteroatoms. The molecule has 0 radical (unpaired) electrons. The van der Waals surface area contributed by atoms with Crippen LogP contribution in [0, 0.1) is 5.92 Å². The zero-order valence-corrected chi connectivity index (χ0v) is 17.3. The van der Waals surface area contributed by atoms with E-state index in [2.05, 4.69) is 0 Å². The second-order valence-electron chi connectivity index (χ2n) is 8.02. The van der Waals surface area contributed by atoms with Gasteiger partial charge in [0.1, 0.15) is 23.8 Å². The SMILES string of the molecule is O=C1[C@H]2[C@@H](c3coc4ccccc4c3=O)N(c3ccccc3)O[C@H]2C(=O)N1c1ccccc1. The van der Waals surface area contributed by atoms with Crippen molar-refractivity contribution in [3.05, 3.63) is 107 Å². The maximum absolute atomic E-state index is 13.6. The van der Waals surface area contributed by atoms with Crippen LogP contribution in [0.4, 0.5) is 11.4 Å². The molecule has 2 fully saturated rings. The van der Waals surface area contributed by atoms with Crippen LogP contribution in [0.1, 0.15) is 11.6 Å². The van der Waals surface area contributed by atoms with E-state index in [1.54, 1.807) is 60.7 Å². The Labute approximate surface area is 188 Å². The molecule has 0 N–H and O–H groups in total. The lowest BCUT2D eigenvalue weighted by Gasteiger charge is -2.28. The molecule has 33 heavy (non-hydrogen) atoms. The van der Waals surface area contributed by atoms with Crippen LogP contribution in [0.2, 0.25) is 0 Å². The van der Waals surface area contributed by atoms with Gasteiger partial charge in [0.15, 0.2) is 11.5 Å². The zero-order chi connectivity index (χ0) is 22.5. The Morgan fingerprint density at radius 1 is 0.697 bits per heavy atom. The second-order valence-corrected chi connectivity index (χ2v) is 8.02. The van der Waals surface area contributed by atoms with Crippen molar-refractivity contribution in [2.75, 3.05) is 9.96 Å². The van der Waals surface area contributed by atoms with Gasteiger partial charge in [0.05, 0.1) is 22.3 Å². The Morgan fingerprint density at radius 2 is 1.33 bits per heavy atom. The highest BCUT2D eigenvalue weighted by Crippen LogP contribution is 2.47. The van der Waals surface area contributed by atoms with Crippen LogP contribution in [-0.2, 0) is 14.4 Å². The van der Waals surface area contributed by atoms with Crippen molar-refractivity contribution < 1.29 is 18.8 Å².